The maximum Gasteiger partial charge on any atom is 0.237 e. The number of sulfone groups is 1. The number of halogens is 2. The van der Waals surface area contributed by atoms with E-state index < -0.39 is 19.9 Å². The second-order valence-electron chi connectivity index (χ2n) is 12.0. The van der Waals surface area contributed by atoms with Crippen LogP contribution in [0.2, 0.25) is 10.0 Å². The molecule has 4 aromatic rings. The van der Waals surface area contributed by atoms with Gasteiger partial charge in [-0.2, -0.15) is 4.98 Å². The Balaban J connectivity index is 1.29. The number of thiazole rings is 1. The SMILES string of the molecule is COc1cc(N2CCC(N3CCN(C)CC3)CC2)c(Cl)cc1Nc1ncc(Cl)c(N(c2ccc3scnc3c2S(C)(=O)=O)S(C)(=O)=O)n1. The molecule has 2 fully saturated rings. The van der Waals surface area contributed by atoms with Crippen molar-refractivity contribution < 1.29 is 21.6 Å². The average Bonchev–Trinajstić information content (AvgIpc) is 3.51. The van der Waals surface area contributed by atoms with Crippen molar-refractivity contribution in [2.45, 2.75) is 23.8 Å². The summed E-state index contributed by atoms with van der Waals surface area (Å²) in [5.74, 6) is 0.207. The highest BCUT2D eigenvalue weighted by Gasteiger charge is 2.32. The topological polar surface area (TPSA) is 141 Å². The second kappa shape index (κ2) is 13.7. The molecular formula is C30H36Cl2N8O5S3. The Kier molecular flexibility index (Phi) is 9.97. The van der Waals surface area contributed by atoms with Gasteiger partial charge in [0.2, 0.25) is 16.0 Å². The van der Waals surface area contributed by atoms with Gasteiger partial charge >= 0.3 is 0 Å². The van der Waals surface area contributed by atoms with Gasteiger partial charge in [0.15, 0.2) is 15.7 Å². The fourth-order valence-corrected chi connectivity index (χ4v) is 9.59. The van der Waals surface area contributed by atoms with Crippen molar-refractivity contribution in [3.8, 4) is 5.75 Å². The third-order valence-electron chi connectivity index (χ3n) is 8.65. The minimum absolute atomic E-state index is 0.0196. The van der Waals surface area contributed by atoms with Crippen molar-refractivity contribution in [2.75, 3.05) is 80.5 Å². The lowest BCUT2D eigenvalue weighted by atomic mass is 10.0. The number of likely N-dealkylation sites (N-methyl/N-ethyl adjacent to an activating group) is 1. The molecule has 258 valence electrons. The molecule has 0 bridgehead atoms. The molecule has 2 aromatic heterocycles. The lowest BCUT2D eigenvalue weighted by Crippen LogP contribution is -2.52. The van der Waals surface area contributed by atoms with Crippen LogP contribution in [0.25, 0.3) is 10.2 Å². The van der Waals surface area contributed by atoms with Gasteiger partial charge in [0.05, 0.1) is 51.9 Å². The van der Waals surface area contributed by atoms with E-state index in [0.717, 1.165) is 74.6 Å². The van der Waals surface area contributed by atoms with Crippen molar-refractivity contribution in [3.63, 3.8) is 0 Å². The molecule has 0 unspecified atom stereocenters. The summed E-state index contributed by atoms with van der Waals surface area (Å²) in [5.41, 5.74) is 2.78. The molecule has 2 saturated heterocycles. The molecule has 0 aliphatic carbocycles. The molecule has 0 radical (unpaired) electrons. The Hall–Kier alpha value is -2.99. The molecule has 0 atom stereocenters. The van der Waals surface area contributed by atoms with Gasteiger partial charge in [-0.3, -0.25) is 4.90 Å². The molecule has 2 aliphatic heterocycles. The van der Waals surface area contributed by atoms with Gasteiger partial charge in [-0.1, -0.05) is 23.2 Å². The van der Waals surface area contributed by atoms with Crippen LogP contribution < -0.4 is 19.3 Å². The van der Waals surface area contributed by atoms with Crippen molar-refractivity contribution in [1.82, 2.24) is 24.8 Å². The number of nitrogens with zero attached hydrogens (tertiary/aromatic N) is 7. The fourth-order valence-electron chi connectivity index (χ4n) is 6.26. The molecule has 13 nitrogen and oxygen atoms in total. The highest BCUT2D eigenvalue weighted by molar-refractivity contribution is 7.93. The highest BCUT2D eigenvalue weighted by Crippen LogP contribution is 2.42. The first kappa shape index (κ1) is 34.9. The molecule has 2 aliphatic rings. The molecule has 0 spiro atoms. The van der Waals surface area contributed by atoms with Crippen LogP contribution in [-0.4, -0.2) is 114 Å². The van der Waals surface area contributed by atoms with Crippen molar-refractivity contribution in [1.29, 1.82) is 0 Å². The Morgan fingerprint density at radius 2 is 1.69 bits per heavy atom. The van der Waals surface area contributed by atoms with E-state index in [4.69, 9.17) is 27.9 Å². The number of fused-ring (bicyclic) bond motifs is 1. The number of methoxy groups -OCH3 is 1. The van der Waals surface area contributed by atoms with Gasteiger partial charge in [-0.05, 0) is 38.1 Å². The van der Waals surface area contributed by atoms with E-state index >= 15 is 0 Å². The normalized spacial score (nSPS) is 17.2. The largest absolute Gasteiger partial charge is 0.494 e. The number of hydrogen-bond acceptors (Lipinski definition) is 13. The smallest absolute Gasteiger partial charge is 0.237 e. The number of benzene rings is 2. The van der Waals surface area contributed by atoms with Crippen LogP contribution in [0.5, 0.6) is 5.75 Å². The number of hydrogen-bond donors (Lipinski definition) is 1. The summed E-state index contributed by atoms with van der Waals surface area (Å²) in [6, 6.07) is 7.14. The van der Waals surface area contributed by atoms with E-state index in [1.807, 2.05) is 6.07 Å². The quantitative estimate of drug-likeness (QED) is 0.250. The maximum atomic E-state index is 13.3. The summed E-state index contributed by atoms with van der Waals surface area (Å²) >= 11 is 14.6. The second-order valence-corrected chi connectivity index (χ2v) is 17.4. The Bertz CT molecular complexity index is 2050. The Morgan fingerprint density at radius 1 is 0.979 bits per heavy atom. The molecule has 0 saturated carbocycles. The molecule has 1 N–H and O–H groups in total. The predicted molar refractivity (Wildman–Crippen MR) is 192 cm³/mol. The van der Waals surface area contributed by atoms with Gasteiger partial charge in [0.1, 0.15) is 21.2 Å². The Labute approximate surface area is 294 Å². The molecule has 6 rings (SSSR count). The van der Waals surface area contributed by atoms with E-state index in [9.17, 15) is 16.8 Å². The monoisotopic (exact) mass is 754 g/mol. The fraction of sp³-hybridized carbons (Fsp3) is 0.433. The maximum absolute atomic E-state index is 13.3. The lowest BCUT2D eigenvalue weighted by molar-refractivity contribution is 0.0982. The molecule has 48 heavy (non-hydrogen) atoms. The number of rotatable bonds is 9. The van der Waals surface area contributed by atoms with Crippen molar-refractivity contribution in [2.24, 2.45) is 0 Å². The summed E-state index contributed by atoms with van der Waals surface area (Å²) in [5, 5.41) is 3.45. The predicted octanol–water partition coefficient (Wildman–Crippen LogP) is 4.86. The van der Waals surface area contributed by atoms with Crippen LogP contribution in [0.15, 0.2) is 40.9 Å². The molecular weight excluding hydrogens is 719 g/mol. The van der Waals surface area contributed by atoms with E-state index in [1.54, 1.807) is 19.2 Å². The summed E-state index contributed by atoms with van der Waals surface area (Å²) in [6.07, 6.45) is 5.24. The van der Waals surface area contributed by atoms with Crippen LogP contribution in [0.3, 0.4) is 0 Å². The Morgan fingerprint density at radius 3 is 2.33 bits per heavy atom. The number of aromatic nitrogens is 3. The standard InChI is InChI=1S/C30H36Cl2N8O5S3/c1-37-11-13-38(14-12-37)19-7-9-39(10-8-19)24-16-25(45-2)22(15-20(24)31)35-30-33-17-21(32)29(36-30)40(48(4,43)44)23-5-6-26-27(34-18-46-26)28(23)47(3,41)42/h5-6,15-19H,7-14H2,1-4H3,(H,33,35,36). The third-order valence-corrected chi connectivity index (χ3v) is 12.2. The van der Waals surface area contributed by atoms with Crippen LogP contribution >= 0.6 is 34.5 Å². The molecule has 4 heterocycles. The van der Waals surface area contributed by atoms with Crippen molar-refractivity contribution >= 4 is 93.4 Å². The number of piperazine rings is 1. The zero-order valence-corrected chi connectivity index (χ0v) is 30.8. The van der Waals surface area contributed by atoms with Crippen LogP contribution in [-0.2, 0) is 19.9 Å². The van der Waals surface area contributed by atoms with Gasteiger partial charge in [0.25, 0.3) is 0 Å². The first-order chi connectivity index (χ1) is 22.7. The minimum atomic E-state index is -4.18. The number of ether oxygens (including phenoxy) is 1. The number of anilines is 5. The average molecular weight is 756 g/mol. The van der Waals surface area contributed by atoms with E-state index in [0.29, 0.717) is 27.2 Å². The summed E-state index contributed by atoms with van der Waals surface area (Å²) in [6.45, 7) is 6.08. The van der Waals surface area contributed by atoms with Gasteiger partial charge in [-0.15, -0.1) is 11.3 Å². The summed E-state index contributed by atoms with van der Waals surface area (Å²) in [7, 11) is -4.44. The van der Waals surface area contributed by atoms with Gasteiger partial charge < -0.3 is 19.9 Å². The number of sulfonamides is 1. The van der Waals surface area contributed by atoms with Gasteiger partial charge in [0, 0.05) is 57.6 Å². The number of piperidine rings is 1. The van der Waals surface area contributed by atoms with E-state index in [2.05, 4.69) is 42.0 Å². The van der Waals surface area contributed by atoms with Gasteiger partial charge in [-0.25, -0.2) is 31.1 Å². The van der Waals surface area contributed by atoms with Crippen molar-refractivity contribution in [3.05, 3.63) is 46.0 Å². The zero-order valence-electron chi connectivity index (χ0n) is 26.9. The lowest BCUT2D eigenvalue weighted by Gasteiger charge is -2.42. The number of nitrogens with one attached hydrogen (secondary N) is 1. The molecule has 0 amide bonds. The van der Waals surface area contributed by atoms with Crippen LogP contribution in [0.1, 0.15) is 12.8 Å². The minimum Gasteiger partial charge on any atom is -0.494 e. The molecule has 2 aromatic carbocycles. The van der Waals surface area contributed by atoms with E-state index in [-0.39, 0.29) is 32.9 Å². The van der Waals surface area contributed by atoms with Crippen LogP contribution in [0, 0.1) is 0 Å². The zero-order chi connectivity index (χ0) is 34.4. The first-order valence-electron chi connectivity index (χ1n) is 15.2. The first-order valence-corrected chi connectivity index (χ1v) is 20.5. The van der Waals surface area contributed by atoms with Crippen LogP contribution in [0.4, 0.5) is 28.8 Å². The van der Waals surface area contributed by atoms with E-state index in [1.165, 1.54) is 29.1 Å². The summed E-state index contributed by atoms with van der Waals surface area (Å²) in [4.78, 5) is 19.9. The molecule has 18 heteroatoms. The summed E-state index contributed by atoms with van der Waals surface area (Å²) < 4.78 is 59.7. The third kappa shape index (κ3) is 7.15. The highest BCUT2D eigenvalue weighted by atomic mass is 35.5.